The van der Waals surface area contributed by atoms with Crippen LogP contribution in [0.3, 0.4) is 0 Å². The number of benzene rings is 1. The highest BCUT2D eigenvalue weighted by molar-refractivity contribution is 5.76. The summed E-state index contributed by atoms with van der Waals surface area (Å²) in [5, 5.41) is 14.9. The minimum atomic E-state index is -0.245. The molecule has 0 radical (unpaired) electrons. The molecule has 2 aromatic rings. The minimum absolute atomic E-state index is 0.0437. The van der Waals surface area contributed by atoms with Crippen LogP contribution in [-0.2, 0) is 9.53 Å². The van der Waals surface area contributed by atoms with Crippen molar-refractivity contribution in [1.29, 1.82) is 0 Å². The Kier molecular flexibility index (Phi) is 6.11. The smallest absolute Gasteiger partial charge is 0.220 e. The molecule has 1 amide bonds. The molecule has 7 heteroatoms. The summed E-state index contributed by atoms with van der Waals surface area (Å²) in [6.45, 7) is 3.62. The maximum absolute atomic E-state index is 12.2. The van der Waals surface area contributed by atoms with Crippen molar-refractivity contribution >= 4 is 5.91 Å². The van der Waals surface area contributed by atoms with Gasteiger partial charge in [-0.15, -0.1) is 5.10 Å². The summed E-state index contributed by atoms with van der Waals surface area (Å²) >= 11 is 0. The molecule has 2 heterocycles. The van der Waals surface area contributed by atoms with E-state index in [-0.39, 0.29) is 11.9 Å². The van der Waals surface area contributed by atoms with Gasteiger partial charge in [-0.1, -0.05) is 18.2 Å². The Labute approximate surface area is 147 Å². The second-order valence-electron chi connectivity index (χ2n) is 6.52. The predicted octanol–water partition coefficient (Wildman–Crippen LogP) is 2.44. The van der Waals surface area contributed by atoms with E-state index in [0.717, 1.165) is 44.6 Å². The molecule has 0 bridgehead atoms. The van der Waals surface area contributed by atoms with Crippen LogP contribution in [0.5, 0.6) is 0 Å². The summed E-state index contributed by atoms with van der Waals surface area (Å²) in [5.41, 5.74) is 0.878. The molecule has 1 N–H and O–H groups in total. The minimum Gasteiger partial charge on any atom is -0.381 e. The van der Waals surface area contributed by atoms with E-state index in [1.165, 1.54) is 0 Å². The maximum Gasteiger partial charge on any atom is 0.220 e. The van der Waals surface area contributed by atoms with E-state index in [0.29, 0.717) is 18.2 Å². The van der Waals surface area contributed by atoms with Crippen molar-refractivity contribution in [2.45, 2.75) is 45.1 Å². The third kappa shape index (κ3) is 4.85. The highest BCUT2D eigenvalue weighted by Gasteiger charge is 2.18. The molecular formula is C18H25N5O2. The molecule has 3 rings (SSSR count). The average Bonchev–Trinajstić information content (AvgIpc) is 3.13. The molecule has 1 saturated heterocycles. The lowest BCUT2D eigenvalue weighted by molar-refractivity contribution is -0.122. The number of aromatic nitrogens is 4. The van der Waals surface area contributed by atoms with Crippen molar-refractivity contribution < 1.29 is 9.53 Å². The lowest BCUT2D eigenvalue weighted by atomic mass is 9.94. The van der Waals surface area contributed by atoms with Crippen molar-refractivity contribution in [1.82, 2.24) is 25.5 Å². The highest BCUT2D eigenvalue weighted by Crippen LogP contribution is 2.21. The van der Waals surface area contributed by atoms with Gasteiger partial charge in [0.1, 0.15) is 0 Å². The molecule has 0 unspecified atom stereocenters. The van der Waals surface area contributed by atoms with Crippen molar-refractivity contribution in [3.8, 4) is 5.69 Å². The summed E-state index contributed by atoms with van der Waals surface area (Å²) in [6, 6.07) is 9.42. The molecule has 1 aliphatic rings. The molecule has 0 saturated carbocycles. The molecule has 0 spiro atoms. The first-order valence-corrected chi connectivity index (χ1v) is 8.95. The van der Waals surface area contributed by atoms with Gasteiger partial charge in [0, 0.05) is 19.6 Å². The lowest BCUT2D eigenvalue weighted by Gasteiger charge is -2.21. The first-order valence-electron chi connectivity index (χ1n) is 8.95. The Hall–Kier alpha value is -2.28. The Bertz CT molecular complexity index is 667. The molecule has 1 fully saturated rings. The largest absolute Gasteiger partial charge is 0.381 e. The molecular weight excluding hydrogens is 318 g/mol. The van der Waals surface area contributed by atoms with E-state index in [2.05, 4.69) is 20.8 Å². The molecule has 1 aliphatic heterocycles. The number of rotatable bonds is 7. The van der Waals surface area contributed by atoms with Crippen LogP contribution < -0.4 is 5.32 Å². The van der Waals surface area contributed by atoms with E-state index in [9.17, 15) is 4.79 Å². The lowest BCUT2D eigenvalue weighted by Crippen LogP contribution is -2.28. The Morgan fingerprint density at radius 3 is 2.84 bits per heavy atom. The van der Waals surface area contributed by atoms with Crippen LogP contribution in [0.1, 0.15) is 50.9 Å². The number of hydrogen-bond acceptors (Lipinski definition) is 5. The van der Waals surface area contributed by atoms with Crippen molar-refractivity contribution in [3.63, 3.8) is 0 Å². The number of ether oxygens (including phenoxy) is 1. The van der Waals surface area contributed by atoms with Gasteiger partial charge < -0.3 is 10.1 Å². The monoisotopic (exact) mass is 343 g/mol. The van der Waals surface area contributed by atoms with Crippen LogP contribution in [0.15, 0.2) is 30.3 Å². The maximum atomic E-state index is 12.2. The number of tetrazole rings is 1. The number of carbonyl (C=O) groups excluding carboxylic acids is 1. The van der Waals surface area contributed by atoms with Crippen LogP contribution in [0.25, 0.3) is 5.69 Å². The van der Waals surface area contributed by atoms with Gasteiger partial charge >= 0.3 is 0 Å². The van der Waals surface area contributed by atoms with Crippen molar-refractivity contribution in [2.24, 2.45) is 5.92 Å². The van der Waals surface area contributed by atoms with Crippen LogP contribution in [0.2, 0.25) is 0 Å². The molecule has 1 aromatic heterocycles. The topological polar surface area (TPSA) is 81.9 Å². The fraction of sp³-hybridized carbons (Fsp3) is 0.556. The number of nitrogens with one attached hydrogen (secondary N) is 1. The van der Waals surface area contributed by atoms with Crippen LogP contribution in [0, 0.1) is 5.92 Å². The molecule has 1 aromatic carbocycles. The van der Waals surface area contributed by atoms with Gasteiger partial charge in [-0.3, -0.25) is 4.79 Å². The Balaban J connectivity index is 1.49. The van der Waals surface area contributed by atoms with Crippen LogP contribution in [0.4, 0.5) is 0 Å². The van der Waals surface area contributed by atoms with Crippen molar-refractivity contribution in [3.05, 3.63) is 36.2 Å². The molecule has 1 atom stereocenters. The van der Waals surface area contributed by atoms with Gasteiger partial charge in [0.25, 0.3) is 0 Å². The summed E-state index contributed by atoms with van der Waals surface area (Å²) in [6.07, 6.45) is 4.77. The predicted molar refractivity (Wildman–Crippen MR) is 93.1 cm³/mol. The third-order valence-corrected chi connectivity index (χ3v) is 4.62. The highest BCUT2D eigenvalue weighted by atomic mass is 16.5. The fourth-order valence-electron chi connectivity index (χ4n) is 3.18. The molecule has 134 valence electrons. The zero-order valence-corrected chi connectivity index (χ0v) is 14.6. The standard InChI is InChI=1S/C18H25N5O2/c1-14(18-20-21-22-23(18)16-7-3-2-4-8-16)19-17(24)9-5-6-15-10-12-25-13-11-15/h2-4,7-8,14-15H,5-6,9-13H2,1H3,(H,19,24)/t14-/m0/s1. The van der Waals surface area contributed by atoms with Gasteiger partial charge in [0.15, 0.2) is 5.82 Å². The second-order valence-corrected chi connectivity index (χ2v) is 6.52. The van der Waals surface area contributed by atoms with E-state index in [1.807, 2.05) is 37.3 Å². The number of para-hydroxylation sites is 1. The van der Waals surface area contributed by atoms with Gasteiger partial charge in [0.05, 0.1) is 11.7 Å². The summed E-state index contributed by atoms with van der Waals surface area (Å²) in [4.78, 5) is 12.2. The summed E-state index contributed by atoms with van der Waals surface area (Å²) in [7, 11) is 0. The Morgan fingerprint density at radius 1 is 1.32 bits per heavy atom. The average molecular weight is 343 g/mol. The normalized spacial score (nSPS) is 16.5. The van der Waals surface area contributed by atoms with Gasteiger partial charge in [-0.05, 0) is 61.1 Å². The molecule has 25 heavy (non-hydrogen) atoms. The number of amides is 1. The van der Waals surface area contributed by atoms with Gasteiger partial charge in [-0.25, -0.2) is 0 Å². The number of nitrogens with zero attached hydrogens (tertiary/aromatic N) is 4. The SMILES string of the molecule is C[C@H](NC(=O)CCCC1CCOCC1)c1nnnn1-c1ccccc1. The summed E-state index contributed by atoms with van der Waals surface area (Å²) in [5.74, 6) is 1.37. The first kappa shape index (κ1) is 17.5. The first-order chi connectivity index (χ1) is 12.2. The molecule has 7 nitrogen and oxygen atoms in total. The fourth-order valence-corrected chi connectivity index (χ4v) is 3.18. The summed E-state index contributed by atoms with van der Waals surface area (Å²) < 4.78 is 7.03. The molecule has 0 aliphatic carbocycles. The third-order valence-electron chi connectivity index (χ3n) is 4.62. The van der Waals surface area contributed by atoms with E-state index >= 15 is 0 Å². The Morgan fingerprint density at radius 2 is 2.08 bits per heavy atom. The van der Waals surface area contributed by atoms with Crippen LogP contribution in [-0.4, -0.2) is 39.3 Å². The van der Waals surface area contributed by atoms with Gasteiger partial charge in [0.2, 0.25) is 5.91 Å². The second kappa shape index (κ2) is 8.71. The van der Waals surface area contributed by atoms with Gasteiger partial charge in [-0.2, -0.15) is 4.68 Å². The quantitative estimate of drug-likeness (QED) is 0.835. The van der Waals surface area contributed by atoms with E-state index in [1.54, 1.807) is 4.68 Å². The zero-order chi connectivity index (χ0) is 17.5. The number of hydrogen-bond donors (Lipinski definition) is 1. The van der Waals surface area contributed by atoms with E-state index < -0.39 is 0 Å². The number of carbonyl (C=O) groups is 1. The zero-order valence-electron chi connectivity index (χ0n) is 14.6. The van der Waals surface area contributed by atoms with E-state index in [4.69, 9.17) is 4.74 Å². The van der Waals surface area contributed by atoms with Crippen molar-refractivity contribution in [2.75, 3.05) is 13.2 Å². The van der Waals surface area contributed by atoms with Crippen LogP contribution >= 0.6 is 0 Å².